The third-order valence-electron chi connectivity index (χ3n) is 5.63. The van der Waals surface area contributed by atoms with Crippen LogP contribution in [0.3, 0.4) is 0 Å². The molecule has 0 saturated carbocycles. The minimum Gasteiger partial charge on any atom is -0.344 e. The van der Waals surface area contributed by atoms with E-state index >= 15 is 0 Å². The maximum Gasteiger partial charge on any atom is 0.267 e. The molecule has 7 nitrogen and oxygen atoms in total. The molecule has 1 aromatic heterocycles. The molecular formula is C22H27N5O2. The molecule has 2 heterocycles. The molecule has 0 saturated heterocycles. The minimum absolute atomic E-state index is 0.0887. The van der Waals surface area contributed by atoms with E-state index in [9.17, 15) is 9.59 Å². The number of carbonyl (C=O) groups is 2. The Morgan fingerprint density at radius 3 is 2.59 bits per heavy atom. The highest BCUT2D eigenvalue weighted by Crippen LogP contribution is 2.32. The van der Waals surface area contributed by atoms with Crippen molar-refractivity contribution in [3.63, 3.8) is 0 Å². The van der Waals surface area contributed by atoms with E-state index in [0.717, 1.165) is 36.2 Å². The van der Waals surface area contributed by atoms with Gasteiger partial charge in [-0.05, 0) is 42.4 Å². The fourth-order valence-electron chi connectivity index (χ4n) is 3.91. The van der Waals surface area contributed by atoms with Crippen LogP contribution in [0.25, 0.3) is 5.69 Å². The second-order valence-corrected chi connectivity index (χ2v) is 8.77. The summed E-state index contributed by atoms with van der Waals surface area (Å²) >= 11 is 0. The van der Waals surface area contributed by atoms with Gasteiger partial charge >= 0.3 is 0 Å². The summed E-state index contributed by atoms with van der Waals surface area (Å²) in [7, 11) is 0. The Bertz CT molecular complexity index is 966. The Labute approximate surface area is 170 Å². The van der Waals surface area contributed by atoms with Crippen LogP contribution in [0.1, 0.15) is 69.3 Å². The molecule has 2 amide bonds. The predicted molar refractivity (Wildman–Crippen MR) is 111 cm³/mol. The summed E-state index contributed by atoms with van der Waals surface area (Å²) < 4.78 is 1.98. The molecule has 2 aromatic rings. The summed E-state index contributed by atoms with van der Waals surface area (Å²) in [6.45, 7) is 6.60. The molecule has 2 aliphatic rings. The largest absolute Gasteiger partial charge is 0.344 e. The highest BCUT2D eigenvalue weighted by molar-refractivity contribution is 6.39. The van der Waals surface area contributed by atoms with E-state index in [0.29, 0.717) is 18.6 Å². The first kappa shape index (κ1) is 19.4. The first-order valence-electron chi connectivity index (χ1n) is 10.2. The number of nitrogens with zero attached hydrogens (tertiary/aromatic N) is 3. The predicted octanol–water partition coefficient (Wildman–Crippen LogP) is 2.93. The molecule has 0 bridgehead atoms. The maximum absolute atomic E-state index is 12.6. The van der Waals surface area contributed by atoms with Gasteiger partial charge in [-0.15, -0.1) is 0 Å². The molecule has 1 atom stereocenters. The molecule has 152 valence electrons. The standard InChI is InChI=1S/C22H27N5O2/c1-22(2,3)14-7-9-15(10-8-14)27-19-6-4-5-17(16(19)13-23-27)24-21(29)18-11-12-20(28)26-25-18/h7-10,13,17H,4-6,11-12H2,1-3H3,(H,24,29)(H,26,28)/t17-/m0/s1. The van der Waals surface area contributed by atoms with Crippen LogP contribution < -0.4 is 10.7 Å². The third-order valence-corrected chi connectivity index (χ3v) is 5.63. The number of hydrazone groups is 1. The maximum atomic E-state index is 12.6. The smallest absolute Gasteiger partial charge is 0.267 e. The molecule has 29 heavy (non-hydrogen) atoms. The Balaban J connectivity index is 1.55. The number of benzene rings is 1. The highest BCUT2D eigenvalue weighted by Gasteiger charge is 2.28. The summed E-state index contributed by atoms with van der Waals surface area (Å²) in [6.07, 6.45) is 5.31. The van der Waals surface area contributed by atoms with Crippen molar-refractivity contribution in [2.75, 3.05) is 0 Å². The number of amides is 2. The summed E-state index contributed by atoms with van der Waals surface area (Å²) in [5.41, 5.74) is 7.39. The average molecular weight is 393 g/mol. The summed E-state index contributed by atoms with van der Waals surface area (Å²) in [5.74, 6) is -0.370. The Morgan fingerprint density at radius 2 is 1.93 bits per heavy atom. The molecule has 1 aliphatic heterocycles. The number of hydrogen-bond donors (Lipinski definition) is 2. The van der Waals surface area contributed by atoms with E-state index in [4.69, 9.17) is 0 Å². The van der Waals surface area contributed by atoms with E-state index in [1.165, 1.54) is 5.56 Å². The fraction of sp³-hybridized carbons (Fsp3) is 0.455. The van der Waals surface area contributed by atoms with Gasteiger partial charge in [0.1, 0.15) is 5.71 Å². The van der Waals surface area contributed by atoms with Crippen LogP contribution in [0.4, 0.5) is 0 Å². The zero-order chi connectivity index (χ0) is 20.6. The van der Waals surface area contributed by atoms with Gasteiger partial charge < -0.3 is 5.32 Å². The first-order chi connectivity index (χ1) is 13.8. The molecule has 1 aromatic carbocycles. The van der Waals surface area contributed by atoms with Crippen LogP contribution in [0.2, 0.25) is 0 Å². The Kier molecular flexibility index (Phi) is 4.98. The van der Waals surface area contributed by atoms with Gasteiger partial charge in [0.15, 0.2) is 0 Å². The fourth-order valence-corrected chi connectivity index (χ4v) is 3.91. The number of rotatable bonds is 3. The first-order valence-corrected chi connectivity index (χ1v) is 10.2. The molecule has 0 spiro atoms. The summed E-state index contributed by atoms with van der Waals surface area (Å²) in [5, 5.41) is 11.6. The van der Waals surface area contributed by atoms with Crippen molar-refractivity contribution in [1.29, 1.82) is 0 Å². The van der Waals surface area contributed by atoms with Crippen molar-refractivity contribution in [2.45, 2.75) is 64.3 Å². The molecule has 0 radical (unpaired) electrons. The van der Waals surface area contributed by atoms with Crippen LogP contribution in [0.5, 0.6) is 0 Å². The lowest BCUT2D eigenvalue weighted by Crippen LogP contribution is -2.39. The van der Waals surface area contributed by atoms with E-state index in [-0.39, 0.29) is 23.3 Å². The monoisotopic (exact) mass is 393 g/mol. The average Bonchev–Trinajstić information content (AvgIpc) is 3.13. The van der Waals surface area contributed by atoms with Gasteiger partial charge in [0.05, 0.1) is 17.9 Å². The number of aromatic nitrogens is 2. The van der Waals surface area contributed by atoms with Crippen molar-refractivity contribution < 1.29 is 9.59 Å². The Morgan fingerprint density at radius 1 is 1.17 bits per heavy atom. The summed E-state index contributed by atoms with van der Waals surface area (Å²) in [4.78, 5) is 23.8. The van der Waals surface area contributed by atoms with Crippen LogP contribution in [-0.2, 0) is 21.4 Å². The second kappa shape index (κ2) is 7.46. The molecule has 0 fully saturated rings. The van der Waals surface area contributed by atoms with Gasteiger partial charge in [-0.2, -0.15) is 10.2 Å². The lowest BCUT2D eigenvalue weighted by molar-refractivity contribution is -0.121. The van der Waals surface area contributed by atoms with Crippen LogP contribution >= 0.6 is 0 Å². The SMILES string of the molecule is CC(C)(C)c1ccc(-n2ncc3c2CCC[C@@H]3NC(=O)C2=NNC(=O)CC2)cc1. The quantitative estimate of drug-likeness (QED) is 0.840. The Hall–Kier alpha value is -2.96. The van der Waals surface area contributed by atoms with Crippen molar-refractivity contribution in [2.24, 2.45) is 5.10 Å². The number of carbonyl (C=O) groups excluding carboxylic acids is 2. The number of hydrogen-bond acceptors (Lipinski definition) is 4. The number of nitrogens with one attached hydrogen (secondary N) is 2. The minimum atomic E-state index is -0.217. The molecule has 0 unspecified atom stereocenters. The zero-order valence-electron chi connectivity index (χ0n) is 17.2. The lowest BCUT2D eigenvalue weighted by atomic mass is 9.87. The van der Waals surface area contributed by atoms with Crippen LogP contribution in [0.15, 0.2) is 35.6 Å². The van der Waals surface area contributed by atoms with Gasteiger partial charge in [-0.1, -0.05) is 32.9 Å². The van der Waals surface area contributed by atoms with Gasteiger partial charge in [0, 0.05) is 24.1 Å². The highest BCUT2D eigenvalue weighted by atomic mass is 16.2. The van der Waals surface area contributed by atoms with Crippen molar-refractivity contribution >= 4 is 17.5 Å². The summed E-state index contributed by atoms with van der Waals surface area (Å²) in [6, 6.07) is 8.43. The molecule has 2 N–H and O–H groups in total. The molecule has 4 rings (SSSR count). The van der Waals surface area contributed by atoms with Gasteiger partial charge in [0.2, 0.25) is 5.91 Å². The topological polar surface area (TPSA) is 88.4 Å². The molecule has 1 aliphatic carbocycles. The van der Waals surface area contributed by atoms with E-state index in [1.54, 1.807) is 0 Å². The normalized spacial score (nSPS) is 19.2. The number of fused-ring (bicyclic) bond motifs is 1. The lowest BCUT2D eigenvalue weighted by Gasteiger charge is -2.25. The van der Waals surface area contributed by atoms with Crippen molar-refractivity contribution in [3.05, 3.63) is 47.3 Å². The van der Waals surface area contributed by atoms with E-state index in [2.05, 4.69) is 66.0 Å². The van der Waals surface area contributed by atoms with E-state index < -0.39 is 0 Å². The van der Waals surface area contributed by atoms with Crippen molar-refractivity contribution in [3.8, 4) is 5.69 Å². The molecule has 7 heteroatoms. The third kappa shape index (κ3) is 3.95. The van der Waals surface area contributed by atoms with Gasteiger partial charge in [-0.25, -0.2) is 10.1 Å². The molecular weight excluding hydrogens is 366 g/mol. The van der Waals surface area contributed by atoms with Gasteiger partial charge in [-0.3, -0.25) is 9.59 Å². The van der Waals surface area contributed by atoms with Crippen molar-refractivity contribution in [1.82, 2.24) is 20.5 Å². The van der Waals surface area contributed by atoms with Crippen LogP contribution in [-0.4, -0.2) is 27.3 Å². The van der Waals surface area contributed by atoms with Crippen LogP contribution in [0, 0.1) is 0 Å². The van der Waals surface area contributed by atoms with E-state index in [1.807, 2.05) is 10.9 Å². The second-order valence-electron chi connectivity index (χ2n) is 8.77. The van der Waals surface area contributed by atoms with Gasteiger partial charge in [0.25, 0.3) is 5.91 Å². The zero-order valence-corrected chi connectivity index (χ0v) is 17.2.